The first-order valence-corrected chi connectivity index (χ1v) is 10.2. The number of rotatable bonds is 7. The van der Waals surface area contributed by atoms with Gasteiger partial charge in [0.15, 0.2) is 0 Å². The minimum atomic E-state index is -3.47. The molecule has 0 heterocycles. The number of sulfonamides is 1. The average molecular weight is 381 g/mol. The zero-order chi connectivity index (χ0) is 18.4. The van der Waals surface area contributed by atoms with E-state index in [0.29, 0.717) is 16.3 Å². The number of amides is 1. The third-order valence-electron chi connectivity index (χ3n) is 3.66. The maximum atomic E-state index is 12.3. The van der Waals surface area contributed by atoms with E-state index in [2.05, 4.69) is 17.0 Å². The zero-order valence-corrected chi connectivity index (χ0v) is 15.7. The number of hydrogen-bond donors (Lipinski definition) is 2. The summed E-state index contributed by atoms with van der Waals surface area (Å²) in [6, 6.07) is 13.6. The predicted molar refractivity (Wildman–Crippen MR) is 101 cm³/mol. The Hall–Kier alpha value is -1.89. The van der Waals surface area contributed by atoms with Crippen molar-refractivity contribution in [2.75, 3.05) is 11.6 Å². The highest BCUT2D eigenvalue weighted by Crippen LogP contribution is 2.21. The molecule has 0 saturated heterocycles. The van der Waals surface area contributed by atoms with Gasteiger partial charge in [-0.15, -0.1) is 0 Å². The van der Waals surface area contributed by atoms with Crippen LogP contribution in [0.15, 0.2) is 48.5 Å². The number of hydrogen-bond acceptors (Lipinski definition) is 3. The Morgan fingerprint density at radius 1 is 1.08 bits per heavy atom. The molecule has 2 N–H and O–H groups in total. The van der Waals surface area contributed by atoms with E-state index in [1.54, 1.807) is 24.3 Å². The van der Waals surface area contributed by atoms with Crippen LogP contribution in [0.25, 0.3) is 0 Å². The van der Waals surface area contributed by atoms with Gasteiger partial charge in [-0.05, 0) is 41.8 Å². The topological polar surface area (TPSA) is 75.3 Å². The van der Waals surface area contributed by atoms with Crippen molar-refractivity contribution in [2.24, 2.45) is 0 Å². The van der Waals surface area contributed by atoms with Crippen LogP contribution >= 0.6 is 11.6 Å². The lowest BCUT2D eigenvalue weighted by Crippen LogP contribution is -2.30. The van der Waals surface area contributed by atoms with Crippen molar-refractivity contribution >= 4 is 33.2 Å². The van der Waals surface area contributed by atoms with E-state index >= 15 is 0 Å². The van der Waals surface area contributed by atoms with E-state index in [-0.39, 0.29) is 12.3 Å². The van der Waals surface area contributed by atoms with Gasteiger partial charge in [0.1, 0.15) is 0 Å². The molecule has 7 heteroatoms. The number of aryl methyl sites for hydroxylation is 1. The largest absolute Gasteiger partial charge is 0.326 e. The Balaban J connectivity index is 2.11. The van der Waals surface area contributed by atoms with Crippen molar-refractivity contribution in [1.29, 1.82) is 0 Å². The smallest absolute Gasteiger partial charge is 0.226 e. The molecule has 5 nitrogen and oxygen atoms in total. The summed E-state index contributed by atoms with van der Waals surface area (Å²) in [5, 5.41) is 3.33. The summed E-state index contributed by atoms with van der Waals surface area (Å²) >= 11 is 5.87. The Morgan fingerprint density at radius 2 is 1.68 bits per heavy atom. The van der Waals surface area contributed by atoms with E-state index in [9.17, 15) is 13.2 Å². The van der Waals surface area contributed by atoms with Crippen molar-refractivity contribution in [1.82, 2.24) is 4.72 Å². The minimum absolute atomic E-state index is 0.0236. The van der Waals surface area contributed by atoms with Crippen molar-refractivity contribution in [3.8, 4) is 0 Å². The van der Waals surface area contributed by atoms with Crippen LogP contribution in [-0.2, 0) is 21.2 Å². The zero-order valence-electron chi connectivity index (χ0n) is 14.1. The molecule has 0 unspecified atom stereocenters. The fraction of sp³-hybridized carbons (Fsp3) is 0.278. The van der Waals surface area contributed by atoms with Gasteiger partial charge in [0, 0.05) is 17.1 Å². The molecule has 0 radical (unpaired) electrons. The molecule has 0 spiro atoms. The number of anilines is 1. The summed E-state index contributed by atoms with van der Waals surface area (Å²) in [6.45, 7) is 2.06. The Morgan fingerprint density at radius 3 is 2.20 bits per heavy atom. The second kappa shape index (κ2) is 8.47. The molecule has 0 aliphatic heterocycles. The second-order valence-corrected chi connectivity index (χ2v) is 8.01. The van der Waals surface area contributed by atoms with Crippen LogP contribution in [0, 0.1) is 0 Å². The van der Waals surface area contributed by atoms with Crippen LogP contribution in [0.5, 0.6) is 0 Å². The molecular weight excluding hydrogens is 360 g/mol. The lowest BCUT2D eigenvalue weighted by molar-refractivity contribution is -0.116. The first kappa shape index (κ1) is 19.4. The van der Waals surface area contributed by atoms with Gasteiger partial charge in [-0.3, -0.25) is 4.79 Å². The molecule has 0 bridgehead atoms. The average Bonchev–Trinajstić information content (AvgIpc) is 2.54. The highest BCUT2D eigenvalue weighted by atomic mass is 35.5. The monoisotopic (exact) mass is 380 g/mol. The molecule has 25 heavy (non-hydrogen) atoms. The lowest BCUT2D eigenvalue weighted by atomic mass is 10.0. The molecule has 0 aliphatic rings. The summed E-state index contributed by atoms with van der Waals surface area (Å²) in [7, 11) is -3.47. The number of carbonyl (C=O) groups is 1. The van der Waals surface area contributed by atoms with E-state index < -0.39 is 16.1 Å². The van der Waals surface area contributed by atoms with Crippen LogP contribution in [0.1, 0.15) is 30.5 Å². The summed E-state index contributed by atoms with van der Waals surface area (Å²) in [6.07, 6.45) is 1.96. The number of carbonyl (C=O) groups excluding carboxylic acids is 1. The Bertz CT molecular complexity index is 818. The summed E-state index contributed by atoms with van der Waals surface area (Å²) in [4.78, 5) is 12.3. The molecule has 1 atom stereocenters. The first-order valence-electron chi connectivity index (χ1n) is 7.88. The first-order chi connectivity index (χ1) is 11.8. The predicted octanol–water partition coefficient (Wildman–Crippen LogP) is 3.52. The van der Waals surface area contributed by atoms with Gasteiger partial charge in [0.05, 0.1) is 12.3 Å². The van der Waals surface area contributed by atoms with E-state index in [4.69, 9.17) is 11.6 Å². The molecule has 0 aromatic heterocycles. The standard InChI is InChI=1S/C18H21ClN2O3S/c1-3-13-4-10-16(11-5-13)20-18(22)12-17(21-25(2,23)24)14-6-8-15(19)9-7-14/h4-11,17,21H,3,12H2,1-2H3,(H,20,22)/t17-/m0/s1. The van der Waals surface area contributed by atoms with Gasteiger partial charge >= 0.3 is 0 Å². The Kier molecular flexibility index (Phi) is 6.58. The van der Waals surface area contributed by atoms with Gasteiger partial charge < -0.3 is 5.32 Å². The van der Waals surface area contributed by atoms with Crippen molar-refractivity contribution in [3.05, 3.63) is 64.7 Å². The van der Waals surface area contributed by atoms with Gasteiger partial charge in [-0.1, -0.05) is 42.8 Å². The van der Waals surface area contributed by atoms with Gasteiger partial charge in [0.2, 0.25) is 15.9 Å². The van der Waals surface area contributed by atoms with Gasteiger partial charge in [-0.2, -0.15) is 0 Å². The van der Waals surface area contributed by atoms with Crippen LogP contribution in [-0.4, -0.2) is 20.6 Å². The maximum Gasteiger partial charge on any atom is 0.226 e. The third kappa shape index (κ3) is 6.49. The van der Waals surface area contributed by atoms with E-state index in [1.807, 2.05) is 24.3 Å². The van der Waals surface area contributed by atoms with Crippen molar-refractivity contribution < 1.29 is 13.2 Å². The second-order valence-electron chi connectivity index (χ2n) is 5.80. The minimum Gasteiger partial charge on any atom is -0.326 e. The van der Waals surface area contributed by atoms with Gasteiger partial charge in [-0.25, -0.2) is 13.1 Å². The van der Waals surface area contributed by atoms with E-state index in [0.717, 1.165) is 12.7 Å². The van der Waals surface area contributed by atoms with Crippen molar-refractivity contribution in [3.63, 3.8) is 0 Å². The molecule has 0 saturated carbocycles. The highest BCUT2D eigenvalue weighted by molar-refractivity contribution is 7.88. The summed E-state index contributed by atoms with van der Waals surface area (Å²) in [5.41, 5.74) is 2.53. The summed E-state index contributed by atoms with van der Waals surface area (Å²) in [5.74, 6) is -0.277. The highest BCUT2D eigenvalue weighted by Gasteiger charge is 2.20. The van der Waals surface area contributed by atoms with Crippen LogP contribution < -0.4 is 10.0 Å². The normalized spacial score (nSPS) is 12.6. The molecule has 1 amide bonds. The van der Waals surface area contributed by atoms with Crippen LogP contribution in [0.3, 0.4) is 0 Å². The SMILES string of the molecule is CCc1ccc(NC(=O)C[C@H](NS(C)(=O)=O)c2ccc(Cl)cc2)cc1. The molecular formula is C18H21ClN2O3S. The van der Waals surface area contributed by atoms with E-state index in [1.165, 1.54) is 5.56 Å². The molecule has 134 valence electrons. The quantitative estimate of drug-likeness (QED) is 0.771. The molecule has 2 aromatic rings. The molecule has 2 aromatic carbocycles. The number of benzene rings is 2. The number of halogens is 1. The fourth-order valence-electron chi connectivity index (χ4n) is 2.40. The van der Waals surface area contributed by atoms with Crippen molar-refractivity contribution in [2.45, 2.75) is 25.8 Å². The lowest BCUT2D eigenvalue weighted by Gasteiger charge is -2.18. The third-order valence-corrected chi connectivity index (χ3v) is 4.63. The van der Waals surface area contributed by atoms with Crippen LogP contribution in [0.2, 0.25) is 5.02 Å². The van der Waals surface area contributed by atoms with Crippen LogP contribution in [0.4, 0.5) is 5.69 Å². The number of nitrogens with one attached hydrogen (secondary N) is 2. The maximum absolute atomic E-state index is 12.3. The molecule has 0 fully saturated rings. The fourth-order valence-corrected chi connectivity index (χ4v) is 3.26. The summed E-state index contributed by atoms with van der Waals surface area (Å²) < 4.78 is 25.7. The molecule has 0 aliphatic carbocycles. The molecule has 2 rings (SSSR count). The van der Waals surface area contributed by atoms with Gasteiger partial charge in [0.25, 0.3) is 0 Å². The Labute approximate surface area is 153 Å².